The number of H-pyrrole nitrogens is 1. The topological polar surface area (TPSA) is 15.8 Å². The summed E-state index contributed by atoms with van der Waals surface area (Å²) in [5, 5.41) is 0. The Labute approximate surface area is 74.1 Å². The van der Waals surface area contributed by atoms with Crippen molar-refractivity contribution in [3.8, 4) is 0 Å². The summed E-state index contributed by atoms with van der Waals surface area (Å²) in [6.07, 6.45) is 3.25. The van der Waals surface area contributed by atoms with Crippen LogP contribution in [0.3, 0.4) is 0 Å². The van der Waals surface area contributed by atoms with Crippen LogP contribution in [0.25, 0.3) is 6.08 Å². The Balaban J connectivity index is 0.000000490. The largest absolute Gasteiger partial charge is 0.515 e. The summed E-state index contributed by atoms with van der Waals surface area (Å²) in [4.78, 5) is 2.85. The van der Waals surface area contributed by atoms with E-state index < -0.39 is 0 Å². The molecule has 0 atom stereocenters. The zero-order valence-electron chi connectivity index (χ0n) is 4.39. The molecule has 0 aromatic carbocycles. The Morgan fingerprint density at radius 3 is 2.75 bits per heavy atom. The molecule has 1 aromatic heterocycles. The fourth-order valence-electron chi connectivity index (χ4n) is 0.401. The second-order valence-electron chi connectivity index (χ2n) is 1.20. The minimum atomic E-state index is 0. The summed E-state index contributed by atoms with van der Waals surface area (Å²) < 4.78 is 0. The zero-order chi connectivity index (χ0) is 5.11. The maximum absolute atomic E-state index is 5.11. The van der Waals surface area contributed by atoms with Crippen molar-refractivity contribution in [3.63, 3.8) is 0 Å². The number of nitrogens with one attached hydrogen (secondary N) is 1. The van der Waals surface area contributed by atoms with Gasteiger partial charge in [-0.2, -0.15) is 6.07 Å². The Morgan fingerprint density at radius 2 is 2.50 bits per heavy atom. The molecule has 0 amide bonds. The fraction of sp³-hybridized carbons (Fsp3) is 0. The molecule has 0 saturated heterocycles. The van der Waals surface area contributed by atoms with E-state index in [0.717, 1.165) is 5.69 Å². The van der Waals surface area contributed by atoms with Gasteiger partial charge < -0.3 is 17.6 Å². The van der Waals surface area contributed by atoms with Gasteiger partial charge in [0.05, 0.1) is 0 Å². The first-order valence-corrected chi connectivity index (χ1v) is 2.03. The molecule has 1 nitrogen and oxygen atoms in total. The summed E-state index contributed by atoms with van der Waals surface area (Å²) in [6.45, 7) is 5.11. The third kappa shape index (κ3) is 1.93. The number of hydrogen-bond donors (Lipinski definition) is 1. The van der Waals surface area contributed by atoms with Crippen LogP contribution in [-0.2, 0) is 32.7 Å². The number of rotatable bonds is 1. The van der Waals surface area contributed by atoms with Crippen LogP contribution in [0.15, 0.2) is 12.3 Å². The summed E-state index contributed by atoms with van der Waals surface area (Å²) in [6, 6.07) is 4.63. The van der Waals surface area contributed by atoms with Crippen molar-refractivity contribution in [2.75, 3.05) is 0 Å². The standard InChI is InChI=1S/C6H5N.Y/c1-2-6-4-3-5-7-6;/h1-3,5,7H;/q-2;. The molecule has 0 bridgehead atoms. The minimum Gasteiger partial charge on any atom is -0.515 e. The van der Waals surface area contributed by atoms with Gasteiger partial charge in [0.25, 0.3) is 0 Å². The molecule has 0 fully saturated rings. The van der Waals surface area contributed by atoms with Crippen LogP contribution < -0.4 is 0 Å². The Bertz CT molecular complexity index is 144. The first kappa shape index (κ1) is 8.12. The average Bonchev–Trinajstić information content (AvgIpc) is 2.14. The van der Waals surface area contributed by atoms with Crippen LogP contribution in [0.4, 0.5) is 0 Å². The predicted molar refractivity (Wildman–Crippen MR) is 28.4 cm³/mol. The number of aromatic nitrogens is 1. The van der Waals surface area contributed by atoms with Gasteiger partial charge in [-0.05, 0) is 0 Å². The molecule has 0 aliphatic heterocycles. The van der Waals surface area contributed by atoms with Crippen LogP contribution in [0, 0.1) is 12.6 Å². The van der Waals surface area contributed by atoms with Gasteiger partial charge in [0.2, 0.25) is 0 Å². The van der Waals surface area contributed by atoms with Crippen molar-refractivity contribution in [3.05, 3.63) is 30.6 Å². The van der Waals surface area contributed by atoms with Crippen molar-refractivity contribution < 1.29 is 32.7 Å². The van der Waals surface area contributed by atoms with Crippen LogP contribution in [-0.4, -0.2) is 4.98 Å². The molecule has 1 radical (unpaired) electrons. The SMILES string of the molecule is [CH-]=Cc1[c-]cc[nH]1.[Y]. The summed E-state index contributed by atoms with van der Waals surface area (Å²) in [5.74, 6) is 0. The van der Waals surface area contributed by atoms with Gasteiger partial charge in [0.15, 0.2) is 0 Å². The van der Waals surface area contributed by atoms with Gasteiger partial charge in [0.1, 0.15) is 0 Å². The van der Waals surface area contributed by atoms with Crippen molar-refractivity contribution in [1.29, 1.82) is 0 Å². The van der Waals surface area contributed by atoms with E-state index in [1.54, 1.807) is 12.3 Å². The van der Waals surface area contributed by atoms with Crippen LogP contribution in [0.1, 0.15) is 5.69 Å². The summed E-state index contributed by atoms with van der Waals surface area (Å²) in [7, 11) is 0. The van der Waals surface area contributed by atoms with Crippen LogP contribution in [0.2, 0.25) is 0 Å². The normalized spacial score (nSPS) is 7.50. The first-order valence-electron chi connectivity index (χ1n) is 2.03. The van der Waals surface area contributed by atoms with E-state index in [1.165, 1.54) is 6.08 Å². The van der Waals surface area contributed by atoms with Crippen LogP contribution in [0.5, 0.6) is 0 Å². The number of hydrogen-bond acceptors (Lipinski definition) is 0. The van der Waals surface area contributed by atoms with Gasteiger partial charge in [-0.1, -0.05) is 0 Å². The van der Waals surface area contributed by atoms with E-state index >= 15 is 0 Å². The molecular formula is C6H5NY-2. The molecule has 0 unspecified atom stereocenters. The van der Waals surface area contributed by atoms with Crippen molar-refractivity contribution in [1.82, 2.24) is 4.98 Å². The molecule has 2 heteroatoms. The van der Waals surface area contributed by atoms with E-state index in [2.05, 4.69) is 11.1 Å². The average molecular weight is 180 g/mol. The Hall–Kier alpha value is 0.124. The third-order valence-electron chi connectivity index (χ3n) is 0.728. The monoisotopic (exact) mass is 180 g/mol. The second kappa shape index (κ2) is 4.05. The fourth-order valence-corrected chi connectivity index (χ4v) is 0.401. The van der Waals surface area contributed by atoms with E-state index in [0.29, 0.717) is 0 Å². The van der Waals surface area contributed by atoms with Crippen molar-refractivity contribution >= 4 is 6.08 Å². The summed E-state index contributed by atoms with van der Waals surface area (Å²) >= 11 is 0. The second-order valence-corrected chi connectivity index (χ2v) is 1.20. The predicted octanol–water partition coefficient (Wildman–Crippen LogP) is 1.26. The molecule has 1 heterocycles. The van der Waals surface area contributed by atoms with Gasteiger partial charge in [0, 0.05) is 32.7 Å². The molecule has 1 rings (SSSR count). The first-order chi connectivity index (χ1) is 3.43. The Morgan fingerprint density at radius 1 is 1.75 bits per heavy atom. The molecular weight excluding hydrogens is 175 g/mol. The van der Waals surface area contributed by atoms with E-state index in [9.17, 15) is 0 Å². The van der Waals surface area contributed by atoms with E-state index in [4.69, 9.17) is 6.58 Å². The molecule has 0 spiro atoms. The van der Waals surface area contributed by atoms with Crippen molar-refractivity contribution in [2.45, 2.75) is 0 Å². The molecule has 8 heavy (non-hydrogen) atoms. The van der Waals surface area contributed by atoms with Gasteiger partial charge >= 0.3 is 0 Å². The van der Waals surface area contributed by atoms with Crippen molar-refractivity contribution in [2.24, 2.45) is 0 Å². The van der Waals surface area contributed by atoms with Gasteiger partial charge in [-0.3, -0.25) is 6.07 Å². The molecule has 0 aliphatic rings. The third-order valence-corrected chi connectivity index (χ3v) is 0.728. The van der Waals surface area contributed by atoms with E-state index in [-0.39, 0.29) is 32.7 Å². The maximum Gasteiger partial charge on any atom is 0 e. The molecule has 1 aromatic rings. The van der Waals surface area contributed by atoms with E-state index in [1.807, 2.05) is 0 Å². The molecule has 0 saturated carbocycles. The minimum absolute atomic E-state index is 0. The van der Waals surface area contributed by atoms with Gasteiger partial charge in [-0.15, -0.1) is 6.20 Å². The van der Waals surface area contributed by atoms with Crippen LogP contribution >= 0.6 is 0 Å². The van der Waals surface area contributed by atoms with Gasteiger partial charge in [-0.25, -0.2) is 5.69 Å². The Kier molecular flexibility index (Phi) is 4.11. The molecule has 0 aliphatic carbocycles. The quantitative estimate of drug-likeness (QED) is 0.626. The molecule has 1 N–H and O–H groups in total. The maximum atomic E-state index is 5.11. The number of aromatic amines is 1. The smallest absolute Gasteiger partial charge is 0 e. The molecule has 39 valence electrons. The summed E-state index contributed by atoms with van der Waals surface area (Å²) in [5.41, 5.74) is 0.833. The zero-order valence-corrected chi connectivity index (χ0v) is 7.23.